The zero-order valence-corrected chi connectivity index (χ0v) is 25.1. The third-order valence-corrected chi connectivity index (χ3v) is 8.94. The fourth-order valence-electron chi connectivity index (χ4n) is 4.30. The number of sulfonamides is 1. The average molecular weight is 584 g/mol. The topological polar surface area (TPSA) is 86.8 Å². The maximum Gasteiger partial charge on any atom is 0.264 e. The van der Waals surface area contributed by atoms with E-state index >= 15 is 0 Å². The summed E-state index contributed by atoms with van der Waals surface area (Å²) in [5, 5.41) is 3.32. The van der Waals surface area contributed by atoms with Crippen LogP contribution in [0.25, 0.3) is 0 Å². The first-order chi connectivity index (χ1) is 19.1. The maximum absolute atomic E-state index is 14.1. The molecule has 0 aliphatic heterocycles. The van der Waals surface area contributed by atoms with Gasteiger partial charge in [0, 0.05) is 18.1 Å². The number of hydrogen-bond donors (Lipinski definition) is 1. The molecule has 2 amide bonds. The highest BCUT2D eigenvalue weighted by Crippen LogP contribution is 2.28. The number of nitrogens with one attached hydrogen (secondary N) is 1. The van der Waals surface area contributed by atoms with E-state index in [0.717, 1.165) is 33.8 Å². The Morgan fingerprint density at radius 3 is 2.23 bits per heavy atom. The van der Waals surface area contributed by atoms with E-state index in [0.29, 0.717) is 18.0 Å². The number of carbonyl (C=O) groups is 2. The van der Waals surface area contributed by atoms with Gasteiger partial charge in [0.15, 0.2) is 0 Å². The molecule has 3 aromatic carbocycles. The third-order valence-electron chi connectivity index (χ3n) is 6.74. The van der Waals surface area contributed by atoms with Crippen molar-refractivity contribution in [3.63, 3.8) is 0 Å². The van der Waals surface area contributed by atoms with Crippen LogP contribution in [0.2, 0.25) is 5.02 Å². The van der Waals surface area contributed by atoms with Gasteiger partial charge in [-0.05, 0) is 62.1 Å². The summed E-state index contributed by atoms with van der Waals surface area (Å²) in [7, 11) is -4.13. The highest BCUT2D eigenvalue weighted by atomic mass is 35.5. The number of halogens is 1. The minimum absolute atomic E-state index is 0.0499. The van der Waals surface area contributed by atoms with E-state index in [1.54, 1.807) is 36.4 Å². The molecule has 0 bridgehead atoms. The number of anilines is 1. The number of unbranched alkanes of at least 4 members (excludes halogenated alkanes) is 1. The Kier molecular flexibility index (Phi) is 11.2. The smallest absolute Gasteiger partial charge is 0.264 e. The molecular formula is C31H38ClN3O4S. The molecule has 0 heterocycles. The zero-order valence-electron chi connectivity index (χ0n) is 23.6. The molecule has 0 aromatic heterocycles. The molecule has 0 spiro atoms. The molecule has 1 atom stereocenters. The molecule has 0 saturated carbocycles. The van der Waals surface area contributed by atoms with E-state index in [4.69, 9.17) is 11.6 Å². The highest BCUT2D eigenvalue weighted by Gasteiger charge is 2.33. The van der Waals surface area contributed by atoms with Crippen LogP contribution in [0.5, 0.6) is 0 Å². The minimum atomic E-state index is -4.13. The summed E-state index contributed by atoms with van der Waals surface area (Å²) in [5.41, 5.74) is 2.96. The summed E-state index contributed by atoms with van der Waals surface area (Å²) in [6.45, 7) is 7.84. The van der Waals surface area contributed by atoms with Gasteiger partial charge in [0.05, 0.1) is 10.6 Å². The largest absolute Gasteiger partial charge is 0.354 e. The molecule has 3 aromatic rings. The van der Waals surface area contributed by atoms with Crippen LogP contribution >= 0.6 is 11.6 Å². The molecule has 0 radical (unpaired) electrons. The summed E-state index contributed by atoms with van der Waals surface area (Å²) in [4.78, 5) is 28.8. The van der Waals surface area contributed by atoms with E-state index in [1.807, 2.05) is 52.0 Å². The molecular weight excluding hydrogens is 546 g/mol. The normalized spacial score (nSPS) is 12.0. The van der Waals surface area contributed by atoms with E-state index in [2.05, 4.69) is 5.32 Å². The second-order valence-corrected chi connectivity index (χ2v) is 12.1. The molecule has 40 heavy (non-hydrogen) atoms. The molecule has 1 N–H and O–H groups in total. The molecule has 0 saturated heterocycles. The summed E-state index contributed by atoms with van der Waals surface area (Å²) >= 11 is 6.38. The van der Waals surface area contributed by atoms with Gasteiger partial charge in [0.2, 0.25) is 11.8 Å². The zero-order chi connectivity index (χ0) is 29.3. The van der Waals surface area contributed by atoms with Crippen LogP contribution < -0.4 is 9.62 Å². The lowest BCUT2D eigenvalue weighted by molar-refractivity contribution is -0.140. The molecule has 0 aliphatic carbocycles. The number of amides is 2. The van der Waals surface area contributed by atoms with Crippen LogP contribution in [0.1, 0.15) is 49.8 Å². The molecule has 0 aliphatic rings. The Labute approximate surface area is 243 Å². The monoisotopic (exact) mass is 583 g/mol. The second kappa shape index (κ2) is 14.3. The maximum atomic E-state index is 14.1. The van der Waals surface area contributed by atoms with Gasteiger partial charge in [-0.3, -0.25) is 13.9 Å². The molecule has 0 unspecified atom stereocenters. The van der Waals surface area contributed by atoms with Crippen LogP contribution in [0.4, 0.5) is 5.69 Å². The van der Waals surface area contributed by atoms with Gasteiger partial charge in [0.25, 0.3) is 10.0 Å². The van der Waals surface area contributed by atoms with Crippen LogP contribution in [0.15, 0.2) is 77.7 Å². The van der Waals surface area contributed by atoms with Crippen molar-refractivity contribution in [3.8, 4) is 0 Å². The van der Waals surface area contributed by atoms with E-state index in [9.17, 15) is 18.0 Å². The van der Waals surface area contributed by atoms with Crippen LogP contribution in [0, 0.1) is 13.8 Å². The summed E-state index contributed by atoms with van der Waals surface area (Å²) < 4.78 is 28.8. The number of rotatable bonds is 13. The Morgan fingerprint density at radius 2 is 1.62 bits per heavy atom. The van der Waals surface area contributed by atoms with Gasteiger partial charge in [0.1, 0.15) is 12.6 Å². The van der Waals surface area contributed by atoms with Crippen molar-refractivity contribution in [1.82, 2.24) is 10.2 Å². The number of aryl methyl sites for hydroxylation is 2. The standard InChI is InChI=1S/C31H38ClN3O4S/c1-5-7-19-33-31(37)29(6-2)34(21-25-16-13-23(3)14-17-25)30(36)22-35(26-18-15-24(4)28(32)20-26)40(38,39)27-11-9-8-10-12-27/h8-18,20,29H,5-7,19,21-22H2,1-4H3,(H,33,37)/t29-/m1/s1. The Bertz CT molecular complexity index is 1400. The Morgan fingerprint density at radius 1 is 0.950 bits per heavy atom. The summed E-state index contributed by atoms with van der Waals surface area (Å²) in [6, 6.07) is 19.8. The van der Waals surface area contributed by atoms with Crippen molar-refractivity contribution in [2.24, 2.45) is 0 Å². The van der Waals surface area contributed by atoms with E-state index in [-0.39, 0.29) is 23.0 Å². The third kappa shape index (κ3) is 7.86. The number of benzene rings is 3. The lowest BCUT2D eigenvalue weighted by atomic mass is 10.1. The van der Waals surface area contributed by atoms with Gasteiger partial charge in [-0.1, -0.05) is 86.0 Å². The molecule has 214 valence electrons. The van der Waals surface area contributed by atoms with E-state index < -0.39 is 28.5 Å². The minimum Gasteiger partial charge on any atom is -0.354 e. The lowest BCUT2D eigenvalue weighted by Crippen LogP contribution is -2.52. The first kappa shape index (κ1) is 31.2. The predicted molar refractivity (Wildman–Crippen MR) is 161 cm³/mol. The lowest BCUT2D eigenvalue weighted by Gasteiger charge is -2.33. The van der Waals surface area contributed by atoms with Crippen molar-refractivity contribution < 1.29 is 18.0 Å². The van der Waals surface area contributed by atoms with Gasteiger partial charge < -0.3 is 10.2 Å². The molecule has 0 fully saturated rings. The first-order valence-electron chi connectivity index (χ1n) is 13.5. The predicted octanol–water partition coefficient (Wildman–Crippen LogP) is 5.88. The second-order valence-electron chi connectivity index (χ2n) is 9.83. The number of nitrogens with zero attached hydrogens (tertiary/aromatic N) is 2. The Balaban J connectivity index is 2.04. The highest BCUT2D eigenvalue weighted by molar-refractivity contribution is 7.92. The van der Waals surface area contributed by atoms with Crippen LogP contribution in [0.3, 0.4) is 0 Å². The summed E-state index contributed by atoms with van der Waals surface area (Å²) in [6.07, 6.45) is 2.12. The fourth-order valence-corrected chi connectivity index (χ4v) is 5.90. The molecule has 9 heteroatoms. The number of hydrogen-bond acceptors (Lipinski definition) is 4. The van der Waals surface area contributed by atoms with Gasteiger partial charge >= 0.3 is 0 Å². The van der Waals surface area contributed by atoms with E-state index in [1.165, 1.54) is 17.0 Å². The van der Waals surface area contributed by atoms with Crippen molar-refractivity contribution in [3.05, 3.63) is 94.5 Å². The van der Waals surface area contributed by atoms with Crippen molar-refractivity contribution >= 4 is 39.1 Å². The van der Waals surface area contributed by atoms with Crippen molar-refractivity contribution in [2.75, 3.05) is 17.4 Å². The molecule has 7 nitrogen and oxygen atoms in total. The van der Waals surface area contributed by atoms with Crippen LogP contribution in [-0.4, -0.2) is 44.3 Å². The number of carbonyl (C=O) groups excluding carboxylic acids is 2. The van der Waals surface area contributed by atoms with Gasteiger partial charge in [-0.2, -0.15) is 0 Å². The fraction of sp³-hybridized carbons (Fsp3) is 0.355. The molecule has 3 rings (SSSR count). The van der Waals surface area contributed by atoms with Crippen LogP contribution in [-0.2, 0) is 26.2 Å². The SMILES string of the molecule is CCCCNC(=O)[C@@H](CC)N(Cc1ccc(C)cc1)C(=O)CN(c1ccc(C)c(Cl)c1)S(=O)(=O)c1ccccc1. The van der Waals surface area contributed by atoms with Crippen molar-refractivity contribution in [2.45, 2.75) is 64.4 Å². The quantitative estimate of drug-likeness (QED) is 0.255. The summed E-state index contributed by atoms with van der Waals surface area (Å²) in [5.74, 6) is -0.749. The van der Waals surface area contributed by atoms with Gasteiger partial charge in [-0.25, -0.2) is 8.42 Å². The van der Waals surface area contributed by atoms with Crippen molar-refractivity contribution in [1.29, 1.82) is 0 Å². The first-order valence-corrected chi connectivity index (χ1v) is 15.4. The average Bonchev–Trinajstić information content (AvgIpc) is 2.94. The Hall–Kier alpha value is -3.36. The van der Waals surface area contributed by atoms with Gasteiger partial charge in [-0.15, -0.1) is 0 Å².